The maximum absolute atomic E-state index is 14.3. The first-order chi connectivity index (χ1) is 16.7. The van der Waals surface area contributed by atoms with Crippen LogP contribution in [0.1, 0.15) is 36.9 Å². The molecule has 0 aromatic heterocycles. The zero-order chi connectivity index (χ0) is 25.3. The number of nitrogens with zero attached hydrogens (tertiary/aromatic N) is 2. The van der Waals surface area contributed by atoms with Crippen molar-refractivity contribution in [1.29, 1.82) is 0 Å². The highest BCUT2D eigenvalue weighted by molar-refractivity contribution is 8.23. The van der Waals surface area contributed by atoms with Crippen LogP contribution in [0.3, 0.4) is 0 Å². The standard InChI is InChI=1S/C26H26N2O5S2/c1-26(2,23(30)32-3)21-17-12-8-9-13-19(17)27(24(31)33-4)14-18(21)22(29)28-20(15-35-25(28)34)16-10-6-5-7-11-16/h5-14,20-21H,15H2,1-4H3/t20-,21?/m1/s1. The monoisotopic (exact) mass is 510 g/mol. The minimum atomic E-state index is -1.12. The Morgan fingerprint density at radius 3 is 2.31 bits per heavy atom. The van der Waals surface area contributed by atoms with E-state index in [9.17, 15) is 14.4 Å². The van der Waals surface area contributed by atoms with Gasteiger partial charge in [0.2, 0.25) is 0 Å². The molecule has 35 heavy (non-hydrogen) atoms. The van der Waals surface area contributed by atoms with Crippen molar-refractivity contribution >= 4 is 52.0 Å². The number of carbonyl (C=O) groups excluding carboxylic acids is 3. The van der Waals surface area contributed by atoms with Crippen LogP contribution in [0.4, 0.5) is 10.5 Å². The van der Waals surface area contributed by atoms with Crippen molar-refractivity contribution in [3.8, 4) is 0 Å². The summed E-state index contributed by atoms with van der Waals surface area (Å²) in [6.07, 6.45) is 0.828. The minimum absolute atomic E-state index is 0.260. The van der Waals surface area contributed by atoms with Crippen LogP contribution in [0, 0.1) is 5.41 Å². The van der Waals surface area contributed by atoms with E-state index in [0.717, 1.165) is 5.56 Å². The number of rotatable bonds is 4. The molecule has 1 fully saturated rings. The fraction of sp³-hybridized carbons (Fsp3) is 0.308. The first kappa shape index (κ1) is 24.9. The topological polar surface area (TPSA) is 76.2 Å². The van der Waals surface area contributed by atoms with Gasteiger partial charge in [0, 0.05) is 23.4 Å². The Labute approximate surface area is 214 Å². The smallest absolute Gasteiger partial charge is 0.418 e. The Bertz CT molecular complexity index is 1210. The lowest BCUT2D eigenvalue weighted by molar-refractivity contribution is -0.151. The van der Waals surface area contributed by atoms with E-state index >= 15 is 0 Å². The lowest BCUT2D eigenvalue weighted by atomic mass is 9.69. The third kappa shape index (κ3) is 4.34. The molecule has 0 spiro atoms. The number of thioether (sulfide) groups is 1. The molecule has 182 valence electrons. The number of esters is 1. The van der Waals surface area contributed by atoms with E-state index in [0.29, 0.717) is 21.3 Å². The second kappa shape index (κ2) is 9.83. The molecule has 2 amide bonds. The maximum atomic E-state index is 14.3. The number of para-hydroxylation sites is 1. The number of fused-ring (bicyclic) bond motifs is 1. The van der Waals surface area contributed by atoms with Crippen molar-refractivity contribution in [3.05, 3.63) is 77.5 Å². The van der Waals surface area contributed by atoms with Crippen molar-refractivity contribution in [3.63, 3.8) is 0 Å². The molecule has 1 saturated heterocycles. The maximum Gasteiger partial charge on any atom is 0.418 e. The van der Waals surface area contributed by atoms with Crippen LogP contribution in [-0.4, -0.2) is 47.2 Å². The van der Waals surface area contributed by atoms with Crippen molar-refractivity contribution in [1.82, 2.24) is 4.90 Å². The van der Waals surface area contributed by atoms with Gasteiger partial charge in [0.1, 0.15) is 4.32 Å². The zero-order valence-corrected chi connectivity index (χ0v) is 21.5. The number of ether oxygens (including phenoxy) is 2. The van der Waals surface area contributed by atoms with E-state index in [2.05, 4.69) is 0 Å². The molecule has 1 unspecified atom stereocenters. The van der Waals surface area contributed by atoms with Crippen LogP contribution < -0.4 is 4.90 Å². The van der Waals surface area contributed by atoms with Crippen LogP contribution in [0.5, 0.6) is 0 Å². The summed E-state index contributed by atoms with van der Waals surface area (Å²) in [6, 6.07) is 16.6. The lowest BCUT2D eigenvalue weighted by Gasteiger charge is -2.40. The second-order valence-electron chi connectivity index (χ2n) is 8.81. The van der Waals surface area contributed by atoms with E-state index in [4.69, 9.17) is 21.7 Å². The Morgan fingerprint density at radius 2 is 1.66 bits per heavy atom. The molecule has 0 aliphatic carbocycles. The van der Waals surface area contributed by atoms with Gasteiger partial charge in [-0.1, -0.05) is 72.5 Å². The van der Waals surface area contributed by atoms with E-state index < -0.39 is 23.4 Å². The van der Waals surface area contributed by atoms with Crippen LogP contribution in [-0.2, 0) is 19.1 Å². The van der Waals surface area contributed by atoms with Gasteiger partial charge >= 0.3 is 12.1 Å². The highest BCUT2D eigenvalue weighted by Gasteiger charge is 2.49. The molecular formula is C26H26N2O5S2. The number of carbonyl (C=O) groups is 3. The number of amides is 2. The molecule has 0 bridgehead atoms. The molecule has 4 rings (SSSR count). The van der Waals surface area contributed by atoms with Crippen molar-refractivity contribution < 1.29 is 23.9 Å². The molecule has 2 aromatic carbocycles. The van der Waals surface area contributed by atoms with E-state index in [-0.39, 0.29) is 17.5 Å². The molecule has 2 aromatic rings. The number of benzene rings is 2. The zero-order valence-electron chi connectivity index (χ0n) is 19.9. The summed E-state index contributed by atoms with van der Waals surface area (Å²) in [7, 11) is 2.60. The Morgan fingerprint density at radius 1 is 1.00 bits per heavy atom. The van der Waals surface area contributed by atoms with Crippen molar-refractivity contribution in [2.45, 2.75) is 25.8 Å². The average Bonchev–Trinajstić information content (AvgIpc) is 3.27. The summed E-state index contributed by atoms with van der Waals surface area (Å²) in [6.45, 7) is 3.47. The van der Waals surface area contributed by atoms with Gasteiger partial charge in [-0.05, 0) is 31.0 Å². The predicted octanol–water partition coefficient (Wildman–Crippen LogP) is 5.04. The van der Waals surface area contributed by atoms with Gasteiger partial charge in [-0.3, -0.25) is 19.4 Å². The lowest BCUT2D eigenvalue weighted by Crippen LogP contribution is -2.44. The first-order valence-electron chi connectivity index (χ1n) is 11.0. The third-order valence-electron chi connectivity index (χ3n) is 6.41. The van der Waals surface area contributed by atoms with Gasteiger partial charge in [-0.2, -0.15) is 0 Å². The summed E-state index contributed by atoms with van der Waals surface area (Å²) < 4.78 is 10.6. The quantitative estimate of drug-likeness (QED) is 0.421. The highest BCUT2D eigenvalue weighted by Crippen LogP contribution is 2.50. The molecule has 2 aliphatic heterocycles. The number of methoxy groups -OCH3 is 2. The summed E-state index contributed by atoms with van der Waals surface area (Å²) in [5.74, 6) is -0.909. The molecule has 2 aliphatic rings. The van der Waals surface area contributed by atoms with Crippen molar-refractivity contribution in [2.75, 3.05) is 24.9 Å². The molecule has 0 radical (unpaired) electrons. The SMILES string of the molecule is COC(=O)N1C=C(C(=O)N2C(=S)SC[C@@H]2c2ccccc2)C(C(C)(C)C(=O)OC)c2ccccc21. The number of anilines is 1. The highest BCUT2D eigenvalue weighted by atomic mass is 32.2. The molecule has 9 heteroatoms. The Hall–Kier alpha value is -3.17. The largest absolute Gasteiger partial charge is 0.469 e. The summed E-state index contributed by atoms with van der Waals surface area (Å²) in [5.41, 5.74) is 1.28. The van der Waals surface area contributed by atoms with Crippen LogP contribution in [0.15, 0.2) is 66.4 Å². The van der Waals surface area contributed by atoms with Crippen LogP contribution in [0.25, 0.3) is 0 Å². The summed E-state index contributed by atoms with van der Waals surface area (Å²) in [4.78, 5) is 42.8. The molecule has 2 heterocycles. The van der Waals surface area contributed by atoms with Gasteiger partial charge in [-0.15, -0.1) is 0 Å². The van der Waals surface area contributed by atoms with Gasteiger partial charge in [-0.25, -0.2) is 4.79 Å². The van der Waals surface area contributed by atoms with Gasteiger partial charge in [0.25, 0.3) is 5.91 Å². The Balaban J connectivity index is 1.88. The van der Waals surface area contributed by atoms with Gasteiger partial charge < -0.3 is 9.47 Å². The normalized spacial score (nSPS) is 19.7. The van der Waals surface area contributed by atoms with E-state index in [1.807, 2.05) is 42.5 Å². The number of hydrogen-bond donors (Lipinski definition) is 0. The molecule has 0 N–H and O–H groups in total. The molecular weight excluding hydrogens is 484 g/mol. The minimum Gasteiger partial charge on any atom is -0.469 e. The fourth-order valence-corrected chi connectivity index (χ4v) is 6.10. The second-order valence-corrected chi connectivity index (χ2v) is 10.5. The van der Waals surface area contributed by atoms with Crippen LogP contribution >= 0.6 is 24.0 Å². The molecule has 2 atom stereocenters. The average molecular weight is 511 g/mol. The third-order valence-corrected chi connectivity index (χ3v) is 7.89. The molecule has 0 saturated carbocycles. The predicted molar refractivity (Wildman–Crippen MR) is 139 cm³/mol. The fourth-order valence-electron chi connectivity index (χ4n) is 4.69. The van der Waals surface area contributed by atoms with Gasteiger partial charge in [0.05, 0.1) is 31.4 Å². The first-order valence-corrected chi connectivity index (χ1v) is 12.4. The van der Waals surface area contributed by atoms with E-state index in [1.54, 1.807) is 30.9 Å². The summed E-state index contributed by atoms with van der Waals surface area (Å²) in [5, 5.41) is 0. The summed E-state index contributed by atoms with van der Waals surface area (Å²) >= 11 is 7.03. The number of hydrogen-bond acceptors (Lipinski definition) is 7. The van der Waals surface area contributed by atoms with Crippen LogP contribution in [0.2, 0.25) is 0 Å². The molecule has 7 nitrogen and oxygen atoms in total. The Kier molecular flexibility index (Phi) is 7.00. The van der Waals surface area contributed by atoms with Gasteiger partial charge in [0.15, 0.2) is 0 Å². The van der Waals surface area contributed by atoms with Crippen molar-refractivity contribution in [2.24, 2.45) is 5.41 Å². The number of thiocarbonyl (C=S) groups is 1. The van der Waals surface area contributed by atoms with E-state index in [1.165, 1.54) is 37.1 Å².